The Balaban J connectivity index is 0.000000673. The van der Waals surface area contributed by atoms with Crippen LogP contribution in [0.3, 0.4) is 0 Å². The van der Waals surface area contributed by atoms with E-state index in [0.29, 0.717) is 12.3 Å². The topological polar surface area (TPSA) is 46.8 Å². The van der Waals surface area contributed by atoms with Gasteiger partial charge in [-0.2, -0.15) is 0 Å². The lowest BCUT2D eigenvalue weighted by Crippen LogP contribution is -2.44. The molecule has 0 unspecified atom stereocenters. The summed E-state index contributed by atoms with van der Waals surface area (Å²) < 4.78 is 1.05. The second-order valence-electron chi connectivity index (χ2n) is 4.61. The molecule has 0 atom stereocenters. The average molecular weight is 220 g/mol. The highest BCUT2D eigenvalue weighted by Gasteiger charge is 2.19. The normalized spacial score (nSPS) is 10.2. The van der Waals surface area contributed by atoms with Crippen LogP contribution in [0.5, 0.6) is 0 Å². The standard InChI is InChI=1S/C12H20N.CHNO/c1-11(2)13(3,4)10-12-8-6-5-7-9-12;2-1-3/h5-9,11H,10H2,1-4H3;3H/q+1;/p-1. The minimum Gasteiger partial charge on any atom is -0.812 e. The fourth-order valence-electron chi connectivity index (χ4n) is 1.24. The molecule has 0 N–H and O–H groups in total. The number of rotatable bonds is 3. The van der Waals surface area contributed by atoms with Gasteiger partial charge in [0.05, 0.1) is 20.1 Å². The summed E-state index contributed by atoms with van der Waals surface area (Å²) in [6, 6.07) is 11.3. The van der Waals surface area contributed by atoms with Crippen LogP contribution >= 0.6 is 0 Å². The maximum atomic E-state index is 8.24. The molecule has 88 valence electrons. The number of hydrogen-bond acceptors (Lipinski definition) is 2. The molecule has 0 aliphatic heterocycles. The van der Waals surface area contributed by atoms with Gasteiger partial charge in [-0.15, -0.1) is 0 Å². The van der Waals surface area contributed by atoms with Crippen LogP contribution in [0.25, 0.3) is 0 Å². The van der Waals surface area contributed by atoms with Gasteiger partial charge in [0.15, 0.2) is 0 Å². The average Bonchev–Trinajstić information content (AvgIpc) is 2.19. The monoisotopic (exact) mass is 220 g/mol. The largest absolute Gasteiger partial charge is 0.812 e. The van der Waals surface area contributed by atoms with Crippen LogP contribution in [-0.4, -0.2) is 24.6 Å². The third kappa shape index (κ3) is 5.38. The zero-order chi connectivity index (χ0) is 12.6. The van der Waals surface area contributed by atoms with Crippen molar-refractivity contribution in [2.75, 3.05) is 14.1 Å². The molecule has 0 radical (unpaired) electrons. The Morgan fingerprint density at radius 2 is 1.69 bits per heavy atom. The maximum Gasteiger partial charge on any atom is 0.104 e. The van der Waals surface area contributed by atoms with Crippen molar-refractivity contribution >= 4 is 0 Å². The van der Waals surface area contributed by atoms with Gasteiger partial charge in [0.1, 0.15) is 6.54 Å². The fourth-order valence-corrected chi connectivity index (χ4v) is 1.24. The summed E-state index contributed by atoms with van der Waals surface area (Å²) in [5, 5.41) is 15.0. The fraction of sp³-hybridized carbons (Fsp3) is 0.462. The van der Waals surface area contributed by atoms with E-state index in [1.54, 1.807) is 0 Å². The van der Waals surface area contributed by atoms with E-state index < -0.39 is 0 Å². The van der Waals surface area contributed by atoms with E-state index in [9.17, 15) is 0 Å². The predicted molar refractivity (Wildman–Crippen MR) is 63.0 cm³/mol. The van der Waals surface area contributed by atoms with Gasteiger partial charge in [0.25, 0.3) is 0 Å². The van der Waals surface area contributed by atoms with Crippen molar-refractivity contribution in [2.45, 2.75) is 26.4 Å². The number of quaternary nitrogens is 1. The quantitative estimate of drug-likeness (QED) is 0.572. The SMILES string of the molecule is CC(C)[N+](C)(C)Cc1ccccc1.N#C[O-]. The highest BCUT2D eigenvalue weighted by atomic mass is 16.2. The molecule has 0 spiro atoms. The lowest BCUT2D eigenvalue weighted by Gasteiger charge is -2.34. The van der Waals surface area contributed by atoms with Crippen LogP contribution in [0.1, 0.15) is 19.4 Å². The van der Waals surface area contributed by atoms with Gasteiger partial charge >= 0.3 is 0 Å². The molecule has 0 aliphatic carbocycles. The van der Waals surface area contributed by atoms with E-state index in [-0.39, 0.29) is 0 Å². The zero-order valence-corrected chi connectivity index (χ0v) is 10.5. The smallest absolute Gasteiger partial charge is 0.104 e. The summed E-state index contributed by atoms with van der Waals surface area (Å²) in [7, 11) is 4.55. The van der Waals surface area contributed by atoms with Gasteiger partial charge in [0, 0.05) is 11.8 Å². The Labute approximate surface area is 98.1 Å². The minimum absolute atomic E-state index is 0.500. The first-order valence-corrected chi connectivity index (χ1v) is 5.32. The van der Waals surface area contributed by atoms with Crippen LogP contribution in [-0.2, 0) is 6.54 Å². The summed E-state index contributed by atoms with van der Waals surface area (Å²) in [5.41, 5.74) is 1.42. The van der Waals surface area contributed by atoms with E-state index in [4.69, 9.17) is 10.4 Å². The molecule has 0 fully saturated rings. The molecule has 0 amide bonds. The maximum absolute atomic E-state index is 8.24. The summed E-state index contributed by atoms with van der Waals surface area (Å²) in [5.74, 6) is 0. The number of hydrogen-bond donors (Lipinski definition) is 0. The third-order valence-electron chi connectivity index (χ3n) is 2.83. The molecule has 0 heterocycles. The summed E-state index contributed by atoms with van der Waals surface area (Å²) >= 11 is 0. The highest BCUT2D eigenvalue weighted by Crippen LogP contribution is 2.12. The van der Waals surface area contributed by atoms with Gasteiger partial charge in [-0.25, -0.2) is 5.26 Å². The van der Waals surface area contributed by atoms with Crippen LogP contribution in [0, 0.1) is 11.5 Å². The Morgan fingerprint density at radius 1 is 1.25 bits per heavy atom. The molecule has 3 nitrogen and oxygen atoms in total. The molecule has 0 saturated carbocycles. The first-order chi connectivity index (χ1) is 7.44. The Hall–Kier alpha value is -1.53. The molecule has 0 saturated heterocycles. The number of nitriles is 1. The Kier molecular flexibility index (Phi) is 6.21. The van der Waals surface area contributed by atoms with E-state index in [0.717, 1.165) is 11.0 Å². The Bertz CT molecular complexity index is 326. The third-order valence-corrected chi connectivity index (χ3v) is 2.83. The van der Waals surface area contributed by atoms with Crippen molar-refractivity contribution in [1.29, 1.82) is 5.26 Å². The summed E-state index contributed by atoms with van der Waals surface area (Å²) in [6.07, 6.45) is 0.500. The second kappa shape index (κ2) is 6.86. The lowest BCUT2D eigenvalue weighted by molar-refractivity contribution is -0.924. The first-order valence-electron chi connectivity index (χ1n) is 5.32. The van der Waals surface area contributed by atoms with E-state index >= 15 is 0 Å². The van der Waals surface area contributed by atoms with Crippen molar-refractivity contribution in [1.82, 2.24) is 0 Å². The molecule has 1 aromatic carbocycles. The first kappa shape index (κ1) is 14.5. The number of nitrogens with zero attached hydrogens (tertiary/aromatic N) is 2. The summed E-state index contributed by atoms with van der Waals surface area (Å²) in [4.78, 5) is 0. The zero-order valence-electron chi connectivity index (χ0n) is 10.5. The van der Waals surface area contributed by atoms with E-state index in [1.165, 1.54) is 5.56 Å². The molecule has 3 heteroatoms. The van der Waals surface area contributed by atoms with Gasteiger partial charge in [0.2, 0.25) is 0 Å². The van der Waals surface area contributed by atoms with Crippen molar-refractivity contribution < 1.29 is 9.59 Å². The van der Waals surface area contributed by atoms with Crippen molar-refractivity contribution in [3.63, 3.8) is 0 Å². The van der Waals surface area contributed by atoms with E-state index in [2.05, 4.69) is 58.3 Å². The molecule has 1 aromatic rings. The van der Waals surface area contributed by atoms with Crippen LogP contribution in [0.2, 0.25) is 0 Å². The van der Waals surface area contributed by atoms with Gasteiger partial charge in [-0.1, -0.05) is 30.3 Å². The van der Waals surface area contributed by atoms with Crippen molar-refractivity contribution in [3.8, 4) is 6.26 Å². The van der Waals surface area contributed by atoms with Gasteiger partial charge in [-0.3, -0.25) is 0 Å². The van der Waals surface area contributed by atoms with Crippen molar-refractivity contribution in [2.24, 2.45) is 0 Å². The predicted octanol–water partition coefficient (Wildman–Crippen LogP) is 1.50. The van der Waals surface area contributed by atoms with Crippen LogP contribution in [0.4, 0.5) is 0 Å². The van der Waals surface area contributed by atoms with Crippen LogP contribution < -0.4 is 5.11 Å². The minimum atomic E-state index is 0.500. The summed E-state index contributed by atoms with van der Waals surface area (Å²) in [6.45, 7) is 5.64. The molecule has 1 rings (SSSR count). The van der Waals surface area contributed by atoms with Gasteiger partial charge in [-0.05, 0) is 13.8 Å². The van der Waals surface area contributed by atoms with Gasteiger partial charge < -0.3 is 9.59 Å². The molecule has 0 aliphatic rings. The van der Waals surface area contributed by atoms with Crippen molar-refractivity contribution in [3.05, 3.63) is 35.9 Å². The molecule has 0 bridgehead atoms. The molecule has 0 aromatic heterocycles. The van der Waals surface area contributed by atoms with Crippen LogP contribution in [0.15, 0.2) is 30.3 Å². The molecular formula is C13H20N2O. The second-order valence-corrected chi connectivity index (χ2v) is 4.61. The van der Waals surface area contributed by atoms with E-state index in [1.807, 2.05) is 0 Å². The number of benzene rings is 1. The molecular weight excluding hydrogens is 200 g/mol. The molecule has 16 heavy (non-hydrogen) atoms. The Morgan fingerprint density at radius 3 is 2.06 bits per heavy atom. The highest BCUT2D eigenvalue weighted by molar-refractivity contribution is 5.13. The lowest BCUT2D eigenvalue weighted by atomic mass is 10.1.